The van der Waals surface area contributed by atoms with Crippen LogP contribution in [0.25, 0.3) is 11.1 Å². The number of carbonyl (C=O) groups excluding carboxylic acids is 1. The summed E-state index contributed by atoms with van der Waals surface area (Å²) in [5.41, 5.74) is 4.13. The van der Waals surface area contributed by atoms with Gasteiger partial charge in [0.1, 0.15) is 0 Å². The largest absolute Gasteiger partial charge is 0.334 e. The lowest BCUT2D eigenvalue weighted by Gasteiger charge is -2.31. The van der Waals surface area contributed by atoms with Crippen molar-refractivity contribution in [2.75, 3.05) is 0 Å². The van der Waals surface area contributed by atoms with E-state index in [9.17, 15) is 4.79 Å². The molecule has 0 aromatic heterocycles. The molecule has 3 heteroatoms. The third-order valence-corrected chi connectivity index (χ3v) is 4.62. The number of halogens is 1. The summed E-state index contributed by atoms with van der Waals surface area (Å²) in [5.74, 6) is 0.0656. The van der Waals surface area contributed by atoms with Gasteiger partial charge in [-0.2, -0.15) is 0 Å². The Kier molecular flexibility index (Phi) is 5.64. The number of hydrogen-bond acceptors (Lipinski definition) is 1. The van der Waals surface area contributed by atoms with Gasteiger partial charge < -0.3 is 4.90 Å². The highest BCUT2D eigenvalue weighted by atomic mass is 79.9. The van der Waals surface area contributed by atoms with Gasteiger partial charge >= 0.3 is 0 Å². The summed E-state index contributed by atoms with van der Waals surface area (Å²) < 4.78 is 0.838. The Labute approximate surface area is 147 Å². The molecular formula is C20H24BrNO. The second-order valence-corrected chi connectivity index (χ2v) is 7.31. The Morgan fingerprint density at radius 2 is 1.43 bits per heavy atom. The van der Waals surface area contributed by atoms with E-state index in [-0.39, 0.29) is 18.0 Å². The maximum absolute atomic E-state index is 13.0. The quantitative estimate of drug-likeness (QED) is 0.674. The molecule has 1 amide bonds. The highest BCUT2D eigenvalue weighted by Gasteiger charge is 2.23. The van der Waals surface area contributed by atoms with E-state index in [0.717, 1.165) is 15.6 Å². The first kappa shape index (κ1) is 17.7. The minimum atomic E-state index is 0.0656. The number of hydrogen-bond donors (Lipinski definition) is 0. The van der Waals surface area contributed by atoms with E-state index in [4.69, 9.17) is 0 Å². The van der Waals surface area contributed by atoms with Gasteiger partial charge in [0.25, 0.3) is 5.91 Å². The van der Waals surface area contributed by atoms with Crippen LogP contribution in [-0.2, 0) is 0 Å². The lowest BCUT2D eigenvalue weighted by Crippen LogP contribution is -2.42. The van der Waals surface area contributed by atoms with E-state index in [2.05, 4.69) is 74.8 Å². The van der Waals surface area contributed by atoms with Gasteiger partial charge in [-0.3, -0.25) is 4.79 Å². The summed E-state index contributed by atoms with van der Waals surface area (Å²) >= 11 is 3.53. The smallest absolute Gasteiger partial charge is 0.255 e. The van der Waals surface area contributed by atoms with E-state index >= 15 is 0 Å². The molecule has 0 N–H and O–H groups in total. The molecule has 0 atom stereocenters. The van der Waals surface area contributed by atoms with E-state index in [1.165, 1.54) is 5.56 Å². The van der Waals surface area contributed by atoms with Crippen LogP contribution >= 0.6 is 15.9 Å². The summed E-state index contributed by atoms with van der Waals surface area (Å²) in [6.07, 6.45) is 0. The van der Waals surface area contributed by atoms with E-state index in [0.29, 0.717) is 5.56 Å². The summed E-state index contributed by atoms with van der Waals surface area (Å²) in [4.78, 5) is 14.9. The van der Waals surface area contributed by atoms with Gasteiger partial charge in [-0.25, -0.2) is 0 Å². The Hall–Kier alpha value is -1.61. The molecule has 0 bridgehead atoms. The molecule has 0 aliphatic heterocycles. The average molecular weight is 374 g/mol. The fraction of sp³-hybridized carbons (Fsp3) is 0.350. The predicted molar refractivity (Wildman–Crippen MR) is 101 cm³/mol. The second-order valence-electron chi connectivity index (χ2n) is 6.46. The first-order chi connectivity index (χ1) is 10.8. The van der Waals surface area contributed by atoms with Crippen LogP contribution in [-0.4, -0.2) is 22.9 Å². The zero-order valence-electron chi connectivity index (χ0n) is 14.4. The molecule has 0 aliphatic carbocycles. The molecule has 2 aromatic carbocycles. The third kappa shape index (κ3) is 4.03. The normalized spacial score (nSPS) is 11.1. The van der Waals surface area contributed by atoms with Crippen molar-refractivity contribution in [2.24, 2.45) is 0 Å². The molecule has 23 heavy (non-hydrogen) atoms. The van der Waals surface area contributed by atoms with Gasteiger partial charge in [0.2, 0.25) is 0 Å². The molecule has 2 nitrogen and oxygen atoms in total. The molecule has 0 unspecified atom stereocenters. The molecule has 2 rings (SSSR count). The van der Waals surface area contributed by atoms with Crippen LogP contribution in [0.1, 0.15) is 43.6 Å². The molecule has 0 radical (unpaired) electrons. The summed E-state index contributed by atoms with van der Waals surface area (Å²) in [7, 11) is 0. The zero-order valence-corrected chi connectivity index (χ0v) is 16.0. The molecule has 0 saturated heterocycles. The first-order valence-electron chi connectivity index (χ1n) is 8.00. The van der Waals surface area contributed by atoms with Crippen molar-refractivity contribution in [3.05, 3.63) is 58.1 Å². The fourth-order valence-electron chi connectivity index (χ4n) is 2.82. The Bertz CT molecular complexity index is 681. The summed E-state index contributed by atoms with van der Waals surface area (Å²) in [6, 6.07) is 14.7. The number of benzene rings is 2. The molecule has 0 heterocycles. The van der Waals surface area contributed by atoms with Gasteiger partial charge in [-0.05, 0) is 73.8 Å². The van der Waals surface area contributed by atoms with Crippen LogP contribution in [0.2, 0.25) is 0 Å². The van der Waals surface area contributed by atoms with Gasteiger partial charge in [0.15, 0.2) is 0 Å². The maximum atomic E-state index is 13.0. The van der Waals surface area contributed by atoms with Crippen molar-refractivity contribution in [3.8, 4) is 11.1 Å². The van der Waals surface area contributed by atoms with Crippen LogP contribution in [0.3, 0.4) is 0 Å². The second kappa shape index (κ2) is 7.31. The number of aryl methyl sites for hydroxylation is 1. The van der Waals surface area contributed by atoms with Crippen molar-refractivity contribution in [1.29, 1.82) is 0 Å². The van der Waals surface area contributed by atoms with E-state index in [1.807, 2.05) is 23.1 Å². The van der Waals surface area contributed by atoms with Crippen LogP contribution < -0.4 is 0 Å². The van der Waals surface area contributed by atoms with Gasteiger partial charge in [-0.15, -0.1) is 0 Å². The van der Waals surface area contributed by atoms with Crippen LogP contribution in [0, 0.1) is 6.92 Å². The van der Waals surface area contributed by atoms with Crippen LogP contribution in [0.4, 0.5) is 0 Å². The molecule has 122 valence electrons. The Morgan fingerprint density at radius 3 is 1.96 bits per heavy atom. The number of nitrogens with zero attached hydrogens (tertiary/aromatic N) is 1. The Morgan fingerprint density at radius 1 is 0.913 bits per heavy atom. The van der Waals surface area contributed by atoms with E-state index in [1.54, 1.807) is 0 Å². The minimum absolute atomic E-state index is 0.0656. The standard InChI is InChI=1S/C20H24BrNO/c1-13(2)22(14(3)4)20(23)18-12-17(10-11-19(18)21)16-8-6-15(5)7-9-16/h6-14H,1-5H3. The van der Waals surface area contributed by atoms with Crippen molar-refractivity contribution in [1.82, 2.24) is 4.90 Å². The van der Waals surface area contributed by atoms with Crippen LogP contribution in [0.5, 0.6) is 0 Å². The lowest BCUT2D eigenvalue weighted by molar-refractivity contribution is 0.0643. The molecule has 0 fully saturated rings. The van der Waals surface area contributed by atoms with Gasteiger partial charge in [0.05, 0.1) is 5.56 Å². The highest BCUT2D eigenvalue weighted by Crippen LogP contribution is 2.27. The number of carbonyl (C=O) groups is 1. The first-order valence-corrected chi connectivity index (χ1v) is 8.79. The Balaban J connectivity index is 2.44. The topological polar surface area (TPSA) is 20.3 Å². The van der Waals surface area contributed by atoms with Gasteiger partial charge in [-0.1, -0.05) is 35.9 Å². The summed E-state index contributed by atoms with van der Waals surface area (Å²) in [6.45, 7) is 10.3. The number of rotatable bonds is 4. The molecular weight excluding hydrogens is 350 g/mol. The minimum Gasteiger partial charge on any atom is -0.334 e. The maximum Gasteiger partial charge on any atom is 0.255 e. The van der Waals surface area contributed by atoms with Crippen molar-refractivity contribution < 1.29 is 4.79 Å². The molecule has 2 aromatic rings. The fourth-order valence-corrected chi connectivity index (χ4v) is 3.24. The molecule has 0 saturated carbocycles. The zero-order chi connectivity index (χ0) is 17.1. The van der Waals surface area contributed by atoms with Crippen molar-refractivity contribution in [2.45, 2.75) is 46.7 Å². The molecule has 0 spiro atoms. The van der Waals surface area contributed by atoms with Crippen molar-refractivity contribution in [3.63, 3.8) is 0 Å². The monoisotopic (exact) mass is 373 g/mol. The van der Waals surface area contributed by atoms with Crippen LogP contribution in [0.15, 0.2) is 46.9 Å². The highest BCUT2D eigenvalue weighted by molar-refractivity contribution is 9.10. The number of amides is 1. The third-order valence-electron chi connectivity index (χ3n) is 3.93. The molecule has 0 aliphatic rings. The lowest BCUT2D eigenvalue weighted by atomic mass is 10.0. The van der Waals surface area contributed by atoms with Crippen molar-refractivity contribution >= 4 is 21.8 Å². The predicted octanol–water partition coefficient (Wildman–Crippen LogP) is 5.68. The average Bonchev–Trinajstić information content (AvgIpc) is 2.47. The SMILES string of the molecule is Cc1ccc(-c2ccc(Br)c(C(=O)N(C(C)C)C(C)C)c2)cc1. The summed E-state index contributed by atoms with van der Waals surface area (Å²) in [5, 5.41) is 0. The van der Waals surface area contributed by atoms with E-state index < -0.39 is 0 Å². The van der Waals surface area contributed by atoms with Gasteiger partial charge in [0, 0.05) is 16.6 Å².